The predicted octanol–water partition coefficient (Wildman–Crippen LogP) is 4.30. The lowest BCUT2D eigenvalue weighted by Crippen LogP contribution is -2.42. The van der Waals surface area contributed by atoms with Crippen LogP contribution in [-0.2, 0) is 10.0 Å². The highest BCUT2D eigenvalue weighted by Gasteiger charge is 2.33. The van der Waals surface area contributed by atoms with Crippen molar-refractivity contribution in [2.24, 2.45) is 0 Å². The van der Waals surface area contributed by atoms with Gasteiger partial charge in [0.05, 0.1) is 13.2 Å². The minimum Gasteiger partial charge on any atom is -0.495 e. The molecule has 0 spiro atoms. The summed E-state index contributed by atoms with van der Waals surface area (Å²) in [6, 6.07) is 11.4. The highest BCUT2D eigenvalue weighted by Crippen LogP contribution is 2.32. The molecule has 0 bridgehead atoms. The molecule has 0 aliphatic carbocycles. The molecule has 7 nitrogen and oxygen atoms in total. The summed E-state index contributed by atoms with van der Waals surface area (Å²) < 4.78 is 39.1. The predicted molar refractivity (Wildman–Crippen MR) is 120 cm³/mol. The number of methoxy groups -OCH3 is 1. The smallest absolute Gasteiger partial charge is 0.255 e. The van der Waals surface area contributed by atoms with Crippen molar-refractivity contribution in [3.8, 4) is 11.5 Å². The van der Waals surface area contributed by atoms with Crippen LogP contribution in [0.3, 0.4) is 0 Å². The van der Waals surface area contributed by atoms with Crippen LogP contribution in [0.1, 0.15) is 50.4 Å². The standard InChI is InChI=1S/C23H30N2O5S/c1-16(2)30-20-11-9-19(10-12-20)24-23(26)18-8-13-21(29-4)22(15-18)31(27,28)25-14-6-5-7-17(25)3/h8-13,15-17H,5-7,14H2,1-4H3,(H,24,26). The maximum absolute atomic E-state index is 13.3. The lowest BCUT2D eigenvalue weighted by atomic mass is 10.1. The second-order valence-electron chi connectivity index (χ2n) is 7.97. The Labute approximate surface area is 184 Å². The number of hydrogen-bond donors (Lipinski definition) is 1. The first-order chi connectivity index (χ1) is 14.7. The Kier molecular flexibility index (Phi) is 7.23. The molecule has 1 saturated heterocycles. The SMILES string of the molecule is COc1ccc(C(=O)Nc2ccc(OC(C)C)cc2)cc1S(=O)(=O)N1CCCCC1C. The van der Waals surface area contributed by atoms with Crippen molar-refractivity contribution >= 4 is 21.6 Å². The van der Waals surface area contributed by atoms with Crippen LogP contribution in [0.15, 0.2) is 47.4 Å². The highest BCUT2D eigenvalue weighted by atomic mass is 32.2. The Morgan fingerprint density at radius 2 is 1.84 bits per heavy atom. The first-order valence-electron chi connectivity index (χ1n) is 10.5. The zero-order valence-electron chi connectivity index (χ0n) is 18.4. The first-order valence-corrected chi connectivity index (χ1v) is 11.9. The van der Waals surface area contributed by atoms with Crippen molar-refractivity contribution in [3.05, 3.63) is 48.0 Å². The third-order valence-electron chi connectivity index (χ3n) is 5.24. The average molecular weight is 447 g/mol. The average Bonchev–Trinajstić information content (AvgIpc) is 2.74. The Morgan fingerprint density at radius 1 is 1.13 bits per heavy atom. The largest absolute Gasteiger partial charge is 0.495 e. The second kappa shape index (κ2) is 9.70. The number of nitrogens with one attached hydrogen (secondary N) is 1. The summed E-state index contributed by atoms with van der Waals surface area (Å²) in [5.41, 5.74) is 0.831. The lowest BCUT2D eigenvalue weighted by Gasteiger charge is -2.32. The zero-order chi connectivity index (χ0) is 22.6. The number of hydrogen-bond acceptors (Lipinski definition) is 5. The fourth-order valence-corrected chi connectivity index (χ4v) is 5.55. The number of rotatable bonds is 7. The van der Waals surface area contributed by atoms with Gasteiger partial charge in [-0.25, -0.2) is 8.42 Å². The molecule has 1 N–H and O–H groups in total. The molecule has 1 aliphatic heterocycles. The molecule has 2 aromatic rings. The van der Waals surface area contributed by atoms with E-state index in [1.165, 1.54) is 23.5 Å². The Hall–Kier alpha value is -2.58. The molecule has 1 fully saturated rings. The van der Waals surface area contributed by atoms with Crippen LogP contribution in [0.25, 0.3) is 0 Å². The minimum atomic E-state index is -3.79. The second-order valence-corrected chi connectivity index (χ2v) is 9.83. The summed E-state index contributed by atoms with van der Waals surface area (Å²) in [6.45, 7) is 6.26. The van der Waals surface area contributed by atoms with E-state index < -0.39 is 15.9 Å². The van der Waals surface area contributed by atoms with Crippen molar-refractivity contribution in [1.29, 1.82) is 0 Å². The molecule has 8 heteroatoms. The van der Waals surface area contributed by atoms with E-state index in [1.807, 2.05) is 20.8 Å². The number of amides is 1. The molecule has 0 radical (unpaired) electrons. The van der Waals surface area contributed by atoms with E-state index >= 15 is 0 Å². The van der Waals surface area contributed by atoms with Crippen LogP contribution in [-0.4, -0.2) is 44.4 Å². The number of sulfonamides is 1. The van der Waals surface area contributed by atoms with Crippen LogP contribution >= 0.6 is 0 Å². The van der Waals surface area contributed by atoms with Gasteiger partial charge in [0.25, 0.3) is 5.91 Å². The molecular formula is C23H30N2O5S. The fraction of sp³-hybridized carbons (Fsp3) is 0.435. The molecule has 0 aromatic heterocycles. The van der Waals surface area contributed by atoms with Gasteiger partial charge in [-0.3, -0.25) is 4.79 Å². The van der Waals surface area contributed by atoms with E-state index in [-0.39, 0.29) is 28.4 Å². The van der Waals surface area contributed by atoms with Crippen LogP contribution in [0.4, 0.5) is 5.69 Å². The first kappa shape index (κ1) is 23.1. The third kappa shape index (κ3) is 5.37. The quantitative estimate of drug-likeness (QED) is 0.686. The molecule has 31 heavy (non-hydrogen) atoms. The monoisotopic (exact) mass is 446 g/mol. The van der Waals surface area contributed by atoms with E-state index in [4.69, 9.17) is 9.47 Å². The molecule has 1 unspecified atom stereocenters. The summed E-state index contributed by atoms with van der Waals surface area (Å²) in [6.07, 6.45) is 2.71. The summed E-state index contributed by atoms with van der Waals surface area (Å²) in [7, 11) is -2.36. The van der Waals surface area contributed by atoms with Crippen LogP contribution < -0.4 is 14.8 Å². The molecule has 1 atom stereocenters. The number of anilines is 1. The van der Waals surface area contributed by atoms with E-state index in [9.17, 15) is 13.2 Å². The maximum atomic E-state index is 13.3. The van der Waals surface area contributed by atoms with Gasteiger partial charge < -0.3 is 14.8 Å². The Morgan fingerprint density at radius 3 is 2.45 bits per heavy atom. The van der Waals surface area contributed by atoms with Crippen molar-refractivity contribution in [3.63, 3.8) is 0 Å². The molecule has 2 aromatic carbocycles. The molecule has 0 saturated carbocycles. The maximum Gasteiger partial charge on any atom is 0.255 e. The van der Waals surface area contributed by atoms with Crippen molar-refractivity contribution in [1.82, 2.24) is 4.31 Å². The van der Waals surface area contributed by atoms with Gasteiger partial charge in [-0.2, -0.15) is 4.31 Å². The Bertz CT molecular complexity index is 1020. The van der Waals surface area contributed by atoms with Crippen LogP contribution in [0.5, 0.6) is 11.5 Å². The van der Waals surface area contributed by atoms with Gasteiger partial charge in [0.1, 0.15) is 16.4 Å². The lowest BCUT2D eigenvalue weighted by molar-refractivity contribution is 0.102. The number of piperidine rings is 1. The molecule has 1 aliphatic rings. The van der Waals surface area contributed by atoms with Crippen molar-refractivity contribution in [2.45, 2.75) is 57.1 Å². The van der Waals surface area contributed by atoms with Gasteiger partial charge >= 0.3 is 0 Å². The number of benzene rings is 2. The van der Waals surface area contributed by atoms with Gasteiger partial charge in [-0.1, -0.05) is 6.42 Å². The normalized spacial score (nSPS) is 17.4. The number of nitrogens with zero attached hydrogens (tertiary/aromatic N) is 1. The third-order valence-corrected chi connectivity index (χ3v) is 7.27. The zero-order valence-corrected chi connectivity index (χ0v) is 19.2. The molecule has 1 heterocycles. The van der Waals surface area contributed by atoms with E-state index in [2.05, 4.69) is 5.32 Å². The van der Waals surface area contributed by atoms with Gasteiger partial charge in [0, 0.05) is 23.8 Å². The molecule has 1 amide bonds. The van der Waals surface area contributed by atoms with E-state index in [0.717, 1.165) is 19.3 Å². The van der Waals surface area contributed by atoms with Crippen molar-refractivity contribution in [2.75, 3.05) is 19.0 Å². The summed E-state index contributed by atoms with van der Waals surface area (Å²) in [5.74, 6) is 0.536. The highest BCUT2D eigenvalue weighted by molar-refractivity contribution is 7.89. The topological polar surface area (TPSA) is 84.9 Å². The fourth-order valence-electron chi connectivity index (χ4n) is 3.67. The summed E-state index contributed by atoms with van der Waals surface area (Å²) in [5, 5.41) is 2.80. The minimum absolute atomic E-state index is 0.0112. The molecular weight excluding hydrogens is 416 g/mol. The summed E-state index contributed by atoms with van der Waals surface area (Å²) in [4.78, 5) is 12.8. The summed E-state index contributed by atoms with van der Waals surface area (Å²) >= 11 is 0. The van der Waals surface area contributed by atoms with Crippen LogP contribution in [0.2, 0.25) is 0 Å². The molecule has 168 valence electrons. The van der Waals surface area contributed by atoms with Crippen LogP contribution in [0, 0.1) is 0 Å². The number of carbonyl (C=O) groups is 1. The Balaban J connectivity index is 1.85. The van der Waals surface area contributed by atoms with Gasteiger partial charge in [0.2, 0.25) is 10.0 Å². The van der Waals surface area contributed by atoms with Gasteiger partial charge in [0.15, 0.2) is 0 Å². The number of ether oxygens (including phenoxy) is 2. The van der Waals surface area contributed by atoms with E-state index in [1.54, 1.807) is 30.3 Å². The van der Waals surface area contributed by atoms with Gasteiger partial charge in [-0.05, 0) is 76.1 Å². The molecule has 3 rings (SSSR count). The van der Waals surface area contributed by atoms with Gasteiger partial charge in [-0.15, -0.1) is 0 Å². The van der Waals surface area contributed by atoms with E-state index in [0.29, 0.717) is 18.0 Å². The van der Waals surface area contributed by atoms with Crippen molar-refractivity contribution < 1.29 is 22.7 Å². The number of carbonyl (C=O) groups excluding carboxylic acids is 1.